The minimum Gasteiger partial charge on any atom is -0.492 e. The minimum atomic E-state index is -4.30. The van der Waals surface area contributed by atoms with Crippen molar-refractivity contribution in [3.8, 4) is 5.75 Å². The number of hydrogen-bond donors (Lipinski definition) is 1. The normalized spacial score (nSPS) is 11.6. The number of halogens is 4. The number of para-hydroxylation sites is 1. The van der Waals surface area contributed by atoms with Crippen LogP contribution < -0.4 is 4.74 Å². The van der Waals surface area contributed by atoms with Gasteiger partial charge in [-0.25, -0.2) is 0 Å². The minimum absolute atomic E-state index is 0.0293. The van der Waals surface area contributed by atoms with Crippen LogP contribution in [0.2, 0.25) is 0 Å². The molecule has 0 saturated heterocycles. The Kier molecular flexibility index (Phi) is 6.60. The zero-order chi connectivity index (χ0) is 14.3. The van der Waals surface area contributed by atoms with Gasteiger partial charge in [0.1, 0.15) is 12.4 Å². The molecular weight excluding hydrogens is 329 g/mol. The molecule has 3 nitrogen and oxygen atoms in total. The Hall–Kier alpha value is -0.790. The summed E-state index contributed by atoms with van der Waals surface area (Å²) in [6, 6.07) is 5.23. The quantitative estimate of drug-likeness (QED) is 0.773. The molecule has 1 rings (SSSR count). The molecule has 1 aromatic rings. The first-order chi connectivity index (χ1) is 8.94. The maximum absolute atomic E-state index is 11.8. The molecule has 0 aliphatic carbocycles. The van der Waals surface area contributed by atoms with Crippen molar-refractivity contribution in [2.75, 3.05) is 19.8 Å². The van der Waals surface area contributed by atoms with Gasteiger partial charge in [-0.05, 0) is 22.0 Å². The van der Waals surface area contributed by atoms with Gasteiger partial charge in [-0.1, -0.05) is 12.1 Å². The van der Waals surface area contributed by atoms with E-state index in [0.717, 1.165) is 0 Å². The fourth-order valence-electron chi connectivity index (χ4n) is 1.36. The summed E-state index contributed by atoms with van der Waals surface area (Å²) in [4.78, 5) is 0. The second-order valence-electron chi connectivity index (χ2n) is 3.76. The van der Waals surface area contributed by atoms with E-state index < -0.39 is 12.8 Å². The van der Waals surface area contributed by atoms with Crippen LogP contribution in [-0.4, -0.2) is 31.1 Å². The van der Waals surface area contributed by atoms with E-state index in [1.807, 2.05) is 0 Å². The van der Waals surface area contributed by atoms with E-state index in [2.05, 4.69) is 20.7 Å². The lowest BCUT2D eigenvalue weighted by Gasteiger charge is -2.12. The van der Waals surface area contributed by atoms with Crippen molar-refractivity contribution in [1.82, 2.24) is 0 Å². The molecule has 0 aliphatic rings. The number of rotatable bonds is 7. The van der Waals surface area contributed by atoms with Crippen LogP contribution in [0.25, 0.3) is 0 Å². The van der Waals surface area contributed by atoms with Crippen LogP contribution >= 0.6 is 15.9 Å². The fraction of sp³-hybridized carbons (Fsp3) is 0.500. The zero-order valence-corrected chi connectivity index (χ0v) is 11.6. The molecule has 0 saturated carbocycles. The smallest absolute Gasteiger partial charge is 0.411 e. The number of ether oxygens (including phenoxy) is 2. The van der Waals surface area contributed by atoms with Gasteiger partial charge in [0.25, 0.3) is 0 Å². The summed E-state index contributed by atoms with van der Waals surface area (Å²) in [5.41, 5.74) is 0.616. The van der Waals surface area contributed by atoms with E-state index in [1.165, 1.54) is 0 Å². The third-order valence-corrected chi connectivity index (χ3v) is 2.79. The zero-order valence-electron chi connectivity index (χ0n) is 10.0. The predicted octanol–water partition coefficient (Wildman–Crippen LogP) is 3.29. The molecule has 7 heteroatoms. The summed E-state index contributed by atoms with van der Waals surface area (Å²) in [7, 11) is 0. The van der Waals surface area contributed by atoms with Crippen LogP contribution in [0.1, 0.15) is 12.0 Å². The van der Waals surface area contributed by atoms with Crippen molar-refractivity contribution < 1.29 is 27.8 Å². The first-order valence-electron chi connectivity index (χ1n) is 5.59. The number of aliphatic hydroxyl groups is 1. The second kappa shape index (κ2) is 7.72. The highest BCUT2D eigenvalue weighted by molar-refractivity contribution is 9.10. The van der Waals surface area contributed by atoms with Crippen LogP contribution in [0.15, 0.2) is 22.7 Å². The van der Waals surface area contributed by atoms with Crippen molar-refractivity contribution in [3.05, 3.63) is 28.2 Å². The van der Waals surface area contributed by atoms with Gasteiger partial charge in [0.05, 0.1) is 24.3 Å². The molecule has 1 aromatic carbocycles. The van der Waals surface area contributed by atoms with Gasteiger partial charge in [0.15, 0.2) is 0 Å². The molecule has 1 N–H and O–H groups in total. The first-order valence-corrected chi connectivity index (χ1v) is 6.39. The Bertz CT molecular complexity index is 396. The van der Waals surface area contributed by atoms with Crippen molar-refractivity contribution in [2.45, 2.75) is 19.2 Å². The average Bonchev–Trinajstić information content (AvgIpc) is 2.33. The van der Waals surface area contributed by atoms with Gasteiger partial charge >= 0.3 is 6.18 Å². The number of benzene rings is 1. The van der Waals surface area contributed by atoms with E-state index in [4.69, 9.17) is 9.84 Å². The van der Waals surface area contributed by atoms with Crippen LogP contribution in [0, 0.1) is 0 Å². The van der Waals surface area contributed by atoms with Gasteiger partial charge in [-0.3, -0.25) is 0 Å². The Morgan fingerprint density at radius 1 is 1.21 bits per heavy atom. The molecule has 0 aromatic heterocycles. The van der Waals surface area contributed by atoms with Crippen molar-refractivity contribution in [3.63, 3.8) is 0 Å². The molecule has 108 valence electrons. The topological polar surface area (TPSA) is 38.7 Å². The van der Waals surface area contributed by atoms with E-state index in [9.17, 15) is 13.2 Å². The maximum atomic E-state index is 11.8. The van der Waals surface area contributed by atoms with Crippen LogP contribution in [0.4, 0.5) is 13.2 Å². The van der Waals surface area contributed by atoms with Gasteiger partial charge < -0.3 is 14.6 Å². The molecule has 0 aliphatic heterocycles. The van der Waals surface area contributed by atoms with Crippen LogP contribution in [0.3, 0.4) is 0 Å². The molecule has 0 heterocycles. The highest BCUT2D eigenvalue weighted by atomic mass is 79.9. The van der Waals surface area contributed by atoms with Crippen LogP contribution in [-0.2, 0) is 11.3 Å². The lowest BCUT2D eigenvalue weighted by Crippen LogP contribution is -2.18. The molecule has 0 fully saturated rings. The summed E-state index contributed by atoms with van der Waals surface area (Å²) in [5, 5.41) is 9.12. The lowest BCUT2D eigenvalue weighted by molar-refractivity contribution is -0.174. The maximum Gasteiger partial charge on any atom is 0.411 e. The molecule has 19 heavy (non-hydrogen) atoms. The highest BCUT2D eigenvalue weighted by Crippen LogP contribution is 2.29. The van der Waals surface area contributed by atoms with Crippen molar-refractivity contribution in [2.24, 2.45) is 0 Å². The third kappa shape index (κ3) is 6.26. The Morgan fingerprint density at radius 3 is 2.58 bits per heavy atom. The average molecular weight is 343 g/mol. The number of alkyl halides is 3. The largest absolute Gasteiger partial charge is 0.492 e. The van der Waals surface area contributed by atoms with Gasteiger partial charge in [0, 0.05) is 12.0 Å². The summed E-state index contributed by atoms with van der Waals surface area (Å²) in [5.74, 6) is 0.501. The van der Waals surface area contributed by atoms with Gasteiger partial charge in [0.2, 0.25) is 0 Å². The van der Waals surface area contributed by atoms with Crippen LogP contribution in [0.5, 0.6) is 5.75 Å². The summed E-state index contributed by atoms with van der Waals surface area (Å²) in [6.07, 6.45) is -3.96. The number of hydrogen-bond acceptors (Lipinski definition) is 3. The van der Waals surface area contributed by atoms with Crippen molar-refractivity contribution >= 4 is 15.9 Å². The molecule has 0 radical (unpaired) electrons. The fourth-order valence-corrected chi connectivity index (χ4v) is 1.88. The summed E-state index contributed by atoms with van der Waals surface area (Å²) >= 11 is 3.28. The highest BCUT2D eigenvalue weighted by Gasteiger charge is 2.27. The molecular formula is C12H14BrF3O3. The molecule has 0 amide bonds. The van der Waals surface area contributed by atoms with Gasteiger partial charge in [-0.2, -0.15) is 13.2 Å². The van der Waals surface area contributed by atoms with E-state index >= 15 is 0 Å². The SMILES string of the molecule is OCc1cccc(Br)c1OCCCOCC(F)(F)F. The Labute approximate surface area is 117 Å². The predicted molar refractivity (Wildman–Crippen MR) is 67.1 cm³/mol. The molecule has 0 unspecified atom stereocenters. The van der Waals surface area contributed by atoms with E-state index in [-0.39, 0.29) is 19.8 Å². The number of aliphatic hydroxyl groups excluding tert-OH is 1. The Balaban J connectivity index is 2.30. The van der Waals surface area contributed by atoms with E-state index in [1.54, 1.807) is 18.2 Å². The summed E-state index contributed by atoms with van der Waals surface area (Å²) in [6.45, 7) is -1.23. The van der Waals surface area contributed by atoms with E-state index in [0.29, 0.717) is 22.2 Å². The summed E-state index contributed by atoms with van der Waals surface area (Å²) < 4.78 is 45.9. The standard InChI is InChI=1S/C12H14BrF3O3/c13-10-4-1-3-9(7-17)11(10)19-6-2-5-18-8-12(14,15)16/h1,3-4,17H,2,5-8H2. The lowest BCUT2D eigenvalue weighted by atomic mass is 10.2. The van der Waals surface area contributed by atoms with Gasteiger partial charge in [-0.15, -0.1) is 0 Å². The second-order valence-corrected chi connectivity index (χ2v) is 4.61. The third-order valence-electron chi connectivity index (χ3n) is 2.16. The molecule has 0 spiro atoms. The first kappa shape index (κ1) is 16.3. The molecule has 0 atom stereocenters. The van der Waals surface area contributed by atoms with Crippen molar-refractivity contribution in [1.29, 1.82) is 0 Å². The molecule has 0 bridgehead atoms. The Morgan fingerprint density at radius 2 is 1.95 bits per heavy atom. The monoisotopic (exact) mass is 342 g/mol.